The zero-order chi connectivity index (χ0) is 17.3. The van der Waals surface area contributed by atoms with Crippen LogP contribution in [0.2, 0.25) is 0 Å². The quantitative estimate of drug-likeness (QED) is 0.719. The molecular weight excluding hydrogens is 364 g/mol. The molecule has 0 atom stereocenters. The fourth-order valence-electron chi connectivity index (χ4n) is 2.64. The van der Waals surface area contributed by atoms with Crippen LogP contribution >= 0.6 is 12.4 Å². The van der Waals surface area contributed by atoms with E-state index in [1.54, 1.807) is 0 Å². The lowest BCUT2D eigenvalue weighted by molar-refractivity contribution is -0.138. The van der Waals surface area contributed by atoms with Gasteiger partial charge in [-0.3, -0.25) is 9.89 Å². The molecule has 0 radical (unpaired) electrons. The maximum absolute atomic E-state index is 13.1. The van der Waals surface area contributed by atoms with Crippen molar-refractivity contribution in [2.75, 3.05) is 6.54 Å². The molecule has 25 heavy (non-hydrogen) atoms. The van der Waals surface area contributed by atoms with Crippen LogP contribution in [0.5, 0.6) is 0 Å². The minimum absolute atomic E-state index is 0. The van der Waals surface area contributed by atoms with Crippen LogP contribution in [0.25, 0.3) is 0 Å². The Kier molecular flexibility index (Phi) is 5.69. The van der Waals surface area contributed by atoms with Gasteiger partial charge in [0.05, 0.1) is 5.56 Å². The number of amides is 1. The van der Waals surface area contributed by atoms with E-state index in [2.05, 4.69) is 20.8 Å². The van der Waals surface area contributed by atoms with E-state index >= 15 is 0 Å². The summed E-state index contributed by atoms with van der Waals surface area (Å²) in [5.41, 5.74) is 0.409. The molecule has 10 heteroatoms. The molecule has 1 aliphatic heterocycles. The Hall–Kier alpha value is -2.13. The average Bonchev–Trinajstić information content (AvgIpc) is 2.96. The number of alkyl halides is 3. The molecule has 3 N–H and O–H groups in total. The molecule has 0 fully saturated rings. The first kappa shape index (κ1) is 19.2. The summed E-state index contributed by atoms with van der Waals surface area (Å²) in [6, 6.07) is 2.36. The Labute approximate surface area is 146 Å². The second-order valence-electron chi connectivity index (χ2n) is 5.44. The second kappa shape index (κ2) is 7.40. The van der Waals surface area contributed by atoms with Crippen LogP contribution in [0.1, 0.15) is 32.9 Å². The Morgan fingerprint density at radius 1 is 1.32 bits per heavy atom. The summed E-state index contributed by atoms with van der Waals surface area (Å²) in [6.07, 6.45) is -4.00. The Morgan fingerprint density at radius 3 is 2.80 bits per heavy atom. The number of rotatable bonds is 3. The number of hydrogen-bond acceptors (Lipinski definition) is 3. The number of benzene rings is 1. The lowest BCUT2D eigenvalue weighted by atomic mass is 10.1. The number of hydrogen-bond donors (Lipinski definition) is 3. The zero-order valence-electron chi connectivity index (χ0n) is 12.8. The van der Waals surface area contributed by atoms with Gasteiger partial charge in [0.2, 0.25) is 0 Å². The van der Waals surface area contributed by atoms with Crippen molar-refractivity contribution in [1.29, 1.82) is 0 Å². The molecule has 1 aromatic heterocycles. The lowest BCUT2D eigenvalue weighted by Gasteiger charge is -2.14. The van der Waals surface area contributed by atoms with Crippen molar-refractivity contribution in [2.24, 2.45) is 0 Å². The number of carbonyl (C=O) groups excluding carboxylic acids is 1. The van der Waals surface area contributed by atoms with E-state index in [1.807, 2.05) is 0 Å². The number of halogens is 5. The first-order valence-corrected chi connectivity index (χ1v) is 7.27. The number of nitrogens with one attached hydrogen (secondary N) is 3. The number of aromatic amines is 1. The van der Waals surface area contributed by atoms with E-state index < -0.39 is 23.5 Å². The zero-order valence-corrected chi connectivity index (χ0v) is 13.7. The highest BCUT2D eigenvalue weighted by molar-refractivity contribution is 5.94. The molecule has 2 heterocycles. The SMILES string of the molecule is Cl.O=C(NCc1ccc(F)cc1C(F)(F)F)c1n[nH]c2c1CNCC2. The molecule has 0 saturated heterocycles. The summed E-state index contributed by atoms with van der Waals surface area (Å²) in [4.78, 5) is 12.2. The highest BCUT2D eigenvalue weighted by Crippen LogP contribution is 2.32. The van der Waals surface area contributed by atoms with Crippen LogP contribution in [-0.4, -0.2) is 22.6 Å². The summed E-state index contributed by atoms with van der Waals surface area (Å²) >= 11 is 0. The van der Waals surface area contributed by atoms with Crippen molar-refractivity contribution in [1.82, 2.24) is 20.8 Å². The standard InChI is InChI=1S/C15H14F4N4O.ClH/c16-9-2-1-8(11(5-9)15(17,18)19)6-21-14(24)13-10-7-20-4-3-12(10)22-23-13;/h1-2,5,20H,3-4,6-7H2,(H,21,24)(H,22,23);1H. The van der Waals surface area contributed by atoms with Gasteiger partial charge in [-0.1, -0.05) is 6.07 Å². The van der Waals surface area contributed by atoms with Crippen LogP contribution in [0.4, 0.5) is 17.6 Å². The maximum Gasteiger partial charge on any atom is 0.416 e. The van der Waals surface area contributed by atoms with E-state index in [9.17, 15) is 22.4 Å². The molecule has 0 spiro atoms. The first-order chi connectivity index (χ1) is 11.4. The molecule has 5 nitrogen and oxygen atoms in total. The average molecular weight is 379 g/mol. The van der Waals surface area contributed by atoms with Crippen molar-refractivity contribution >= 4 is 18.3 Å². The molecule has 0 unspecified atom stereocenters. The Morgan fingerprint density at radius 2 is 2.08 bits per heavy atom. The van der Waals surface area contributed by atoms with Crippen LogP contribution in [-0.2, 0) is 25.7 Å². The highest BCUT2D eigenvalue weighted by Gasteiger charge is 2.34. The van der Waals surface area contributed by atoms with Crippen molar-refractivity contribution < 1.29 is 22.4 Å². The van der Waals surface area contributed by atoms with Crippen molar-refractivity contribution in [3.8, 4) is 0 Å². The van der Waals surface area contributed by atoms with E-state index in [4.69, 9.17) is 0 Å². The van der Waals surface area contributed by atoms with Crippen LogP contribution in [0, 0.1) is 5.82 Å². The predicted molar refractivity (Wildman–Crippen MR) is 83.8 cm³/mol. The van der Waals surface area contributed by atoms with Crippen LogP contribution in [0.3, 0.4) is 0 Å². The normalized spacial score (nSPS) is 13.8. The monoisotopic (exact) mass is 378 g/mol. The maximum atomic E-state index is 13.1. The number of H-pyrrole nitrogens is 1. The van der Waals surface area contributed by atoms with E-state index in [-0.39, 0.29) is 30.2 Å². The number of aromatic nitrogens is 2. The Bertz CT molecular complexity index is 775. The largest absolute Gasteiger partial charge is 0.416 e. The summed E-state index contributed by atoms with van der Waals surface area (Å²) < 4.78 is 51.9. The van der Waals surface area contributed by atoms with Crippen molar-refractivity contribution in [3.05, 3.63) is 52.1 Å². The van der Waals surface area contributed by atoms with Gasteiger partial charge in [0.1, 0.15) is 5.82 Å². The molecule has 1 aliphatic rings. The van der Waals surface area contributed by atoms with Crippen molar-refractivity contribution in [2.45, 2.75) is 25.7 Å². The third-order valence-electron chi connectivity index (χ3n) is 3.84. The summed E-state index contributed by atoms with van der Waals surface area (Å²) in [7, 11) is 0. The summed E-state index contributed by atoms with van der Waals surface area (Å²) in [6.45, 7) is 0.864. The van der Waals surface area contributed by atoms with Gasteiger partial charge < -0.3 is 10.6 Å². The van der Waals surface area contributed by atoms with Gasteiger partial charge in [0.15, 0.2) is 5.69 Å². The van der Waals surface area contributed by atoms with Crippen LogP contribution in [0.15, 0.2) is 18.2 Å². The Balaban J connectivity index is 0.00000225. The third-order valence-corrected chi connectivity index (χ3v) is 3.84. The second-order valence-corrected chi connectivity index (χ2v) is 5.44. The van der Waals surface area contributed by atoms with Gasteiger partial charge >= 0.3 is 6.18 Å². The van der Waals surface area contributed by atoms with E-state index in [0.717, 1.165) is 24.4 Å². The van der Waals surface area contributed by atoms with Gasteiger partial charge in [0, 0.05) is 37.3 Å². The minimum Gasteiger partial charge on any atom is -0.347 e. The molecule has 136 valence electrons. The molecule has 0 aliphatic carbocycles. The number of fused-ring (bicyclic) bond motifs is 1. The molecule has 0 saturated carbocycles. The molecular formula is C15H15ClF4N4O. The van der Waals surface area contributed by atoms with Crippen LogP contribution < -0.4 is 10.6 Å². The summed E-state index contributed by atoms with van der Waals surface area (Å²) in [5, 5.41) is 12.2. The topological polar surface area (TPSA) is 69.8 Å². The molecule has 1 amide bonds. The molecule has 0 bridgehead atoms. The third kappa shape index (κ3) is 4.10. The van der Waals surface area contributed by atoms with Gasteiger partial charge in [-0.25, -0.2) is 4.39 Å². The van der Waals surface area contributed by atoms with E-state index in [1.165, 1.54) is 0 Å². The predicted octanol–water partition coefficient (Wildman–Crippen LogP) is 2.57. The molecule has 3 rings (SSSR count). The number of nitrogens with zero attached hydrogens (tertiary/aromatic N) is 1. The fraction of sp³-hybridized carbons (Fsp3) is 0.333. The molecule has 2 aromatic rings. The lowest BCUT2D eigenvalue weighted by Crippen LogP contribution is -2.28. The summed E-state index contributed by atoms with van der Waals surface area (Å²) in [5.74, 6) is -1.56. The number of carbonyl (C=O) groups is 1. The fourth-order valence-corrected chi connectivity index (χ4v) is 2.64. The smallest absolute Gasteiger partial charge is 0.347 e. The van der Waals surface area contributed by atoms with Gasteiger partial charge in [-0.2, -0.15) is 18.3 Å². The van der Waals surface area contributed by atoms with Crippen molar-refractivity contribution in [3.63, 3.8) is 0 Å². The minimum atomic E-state index is -4.70. The van der Waals surface area contributed by atoms with E-state index in [0.29, 0.717) is 24.6 Å². The van der Waals surface area contributed by atoms with Gasteiger partial charge in [0.25, 0.3) is 5.91 Å². The highest BCUT2D eigenvalue weighted by atomic mass is 35.5. The molecule has 1 aromatic carbocycles. The van der Waals surface area contributed by atoms with Gasteiger partial charge in [-0.15, -0.1) is 12.4 Å². The first-order valence-electron chi connectivity index (χ1n) is 7.27. The van der Waals surface area contributed by atoms with Gasteiger partial charge in [-0.05, 0) is 17.7 Å².